The van der Waals surface area contributed by atoms with Gasteiger partial charge in [-0.2, -0.15) is 0 Å². The molecule has 1 aromatic carbocycles. The Balaban J connectivity index is 2.00. The summed E-state index contributed by atoms with van der Waals surface area (Å²) in [5, 5.41) is 9.10. The number of nitrogens with two attached hydrogens (primary N) is 1. The second kappa shape index (κ2) is 5.33. The van der Waals surface area contributed by atoms with Crippen molar-refractivity contribution in [3.63, 3.8) is 0 Å². The van der Waals surface area contributed by atoms with Gasteiger partial charge >= 0.3 is 0 Å². The maximum absolute atomic E-state index is 5.56. The Hall–Kier alpha value is -1.33. The molecule has 5 heteroatoms. The molecule has 0 amide bonds. The minimum Gasteiger partial charge on any atom is -0.326 e. The van der Waals surface area contributed by atoms with Gasteiger partial charge in [0.1, 0.15) is 5.82 Å². The van der Waals surface area contributed by atoms with Crippen LogP contribution in [-0.2, 0) is 19.3 Å². The Kier molecular flexibility index (Phi) is 3.81. The molecule has 4 nitrogen and oxygen atoms in total. The molecule has 0 bridgehead atoms. The molecule has 1 aromatic heterocycles. The van der Waals surface area contributed by atoms with Crippen molar-refractivity contribution in [2.24, 2.45) is 12.8 Å². The lowest BCUT2D eigenvalue weighted by atomic mass is 10.1. The normalized spacial score (nSPS) is 10.8. The first-order valence-corrected chi connectivity index (χ1v) is 6.46. The van der Waals surface area contributed by atoms with Crippen molar-refractivity contribution in [3.8, 4) is 0 Å². The fourth-order valence-corrected chi connectivity index (χ4v) is 2.35. The summed E-state index contributed by atoms with van der Waals surface area (Å²) < 4.78 is 2.00. The van der Waals surface area contributed by atoms with Gasteiger partial charge in [-0.3, -0.25) is 0 Å². The minimum atomic E-state index is 0.593. The van der Waals surface area contributed by atoms with E-state index in [4.69, 9.17) is 5.73 Å². The van der Waals surface area contributed by atoms with Crippen LogP contribution in [0.15, 0.2) is 29.4 Å². The second-order valence-corrected chi connectivity index (χ2v) is 4.84. The average molecular weight is 248 g/mol. The third-order valence-corrected chi connectivity index (χ3v) is 3.77. The standard InChI is InChI=1S/C12H16N4S/c1-9-14-15-12(16(9)2)17-8-11-5-3-10(7-13)4-6-11/h3-6H,7-8,13H2,1-2H3. The topological polar surface area (TPSA) is 56.7 Å². The number of thioether (sulfide) groups is 1. The van der Waals surface area contributed by atoms with Crippen LogP contribution in [0.4, 0.5) is 0 Å². The highest BCUT2D eigenvalue weighted by molar-refractivity contribution is 7.98. The summed E-state index contributed by atoms with van der Waals surface area (Å²) in [6.07, 6.45) is 0. The highest BCUT2D eigenvalue weighted by Gasteiger charge is 2.05. The van der Waals surface area contributed by atoms with E-state index < -0.39 is 0 Å². The molecule has 0 fully saturated rings. The largest absolute Gasteiger partial charge is 0.326 e. The summed E-state index contributed by atoms with van der Waals surface area (Å²) in [7, 11) is 1.98. The minimum absolute atomic E-state index is 0.593. The van der Waals surface area contributed by atoms with E-state index in [-0.39, 0.29) is 0 Å². The Morgan fingerprint density at radius 3 is 2.35 bits per heavy atom. The second-order valence-electron chi connectivity index (χ2n) is 3.90. The lowest BCUT2D eigenvalue weighted by Crippen LogP contribution is -1.96. The van der Waals surface area contributed by atoms with Crippen LogP contribution in [0.25, 0.3) is 0 Å². The smallest absolute Gasteiger partial charge is 0.191 e. The molecule has 0 saturated carbocycles. The monoisotopic (exact) mass is 248 g/mol. The van der Waals surface area contributed by atoms with Crippen LogP contribution >= 0.6 is 11.8 Å². The van der Waals surface area contributed by atoms with Crippen LogP contribution in [0.2, 0.25) is 0 Å². The predicted octanol–water partition coefficient (Wildman–Crippen LogP) is 1.87. The van der Waals surface area contributed by atoms with Gasteiger partial charge < -0.3 is 10.3 Å². The zero-order chi connectivity index (χ0) is 12.3. The number of rotatable bonds is 4. The van der Waals surface area contributed by atoms with E-state index >= 15 is 0 Å². The molecule has 0 saturated heterocycles. The molecular weight excluding hydrogens is 232 g/mol. The molecule has 2 N–H and O–H groups in total. The first kappa shape index (κ1) is 12.1. The summed E-state index contributed by atoms with van der Waals surface area (Å²) >= 11 is 1.69. The van der Waals surface area contributed by atoms with E-state index in [1.165, 1.54) is 5.56 Å². The fourth-order valence-electron chi connectivity index (χ4n) is 1.43. The number of hydrogen-bond acceptors (Lipinski definition) is 4. The number of hydrogen-bond donors (Lipinski definition) is 1. The van der Waals surface area contributed by atoms with E-state index in [1.807, 2.05) is 18.5 Å². The SMILES string of the molecule is Cc1nnc(SCc2ccc(CN)cc2)n1C. The van der Waals surface area contributed by atoms with Crippen molar-refractivity contribution >= 4 is 11.8 Å². The molecule has 2 rings (SSSR count). The molecule has 1 heterocycles. The summed E-state index contributed by atoms with van der Waals surface area (Å²) in [5.74, 6) is 1.84. The van der Waals surface area contributed by atoms with Gasteiger partial charge in [-0.25, -0.2) is 0 Å². The van der Waals surface area contributed by atoms with Gasteiger partial charge in [-0.1, -0.05) is 36.0 Å². The lowest BCUT2D eigenvalue weighted by molar-refractivity contribution is 0.765. The molecule has 0 radical (unpaired) electrons. The zero-order valence-electron chi connectivity index (χ0n) is 10.1. The van der Waals surface area contributed by atoms with Gasteiger partial charge in [0.2, 0.25) is 0 Å². The number of nitrogens with zero attached hydrogens (tertiary/aromatic N) is 3. The van der Waals surface area contributed by atoms with Crippen LogP contribution in [0.1, 0.15) is 17.0 Å². The van der Waals surface area contributed by atoms with Gasteiger partial charge in [0, 0.05) is 19.3 Å². The van der Waals surface area contributed by atoms with Crippen molar-refractivity contribution in [2.45, 2.75) is 24.4 Å². The molecule has 0 spiro atoms. The Morgan fingerprint density at radius 1 is 1.18 bits per heavy atom. The first-order valence-electron chi connectivity index (χ1n) is 5.47. The van der Waals surface area contributed by atoms with Crippen molar-refractivity contribution in [2.75, 3.05) is 0 Å². The number of aryl methyl sites for hydroxylation is 1. The van der Waals surface area contributed by atoms with Gasteiger partial charge in [-0.15, -0.1) is 10.2 Å². The summed E-state index contributed by atoms with van der Waals surface area (Å²) in [6, 6.07) is 8.35. The van der Waals surface area contributed by atoms with Crippen LogP contribution < -0.4 is 5.73 Å². The molecule has 0 aliphatic rings. The fraction of sp³-hybridized carbons (Fsp3) is 0.333. The summed E-state index contributed by atoms with van der Waals surface area (Å²) in [6.45, 7) is 2.54. The van der Waals surface area contributed by atoms with Gasteiger partial charge in [0.15, 0.2) is 5.16 Å². The molecule has 0 aliphatic heterocycles. The van der Waals surface area contributed by atoms with Gasteiger partial charge in [0.25, 0.3) is 0 Å². The van der Waals surface area contributed by atoms with Crippen LogP contribution in [0.5, 0.6) is 0 Å². The van der Waals surface area contributed by atoms with E-state index in [2.05, 4.69) is 34.5 Å². The predicted molar refractivity (Wildman–Crippen MR) is 69.6 cm³/mol. The Labute approximate surface area is 105 Å². The maximum Gasteiger partial charge on any atom is 0.191 e. The lowest BCUT2D eigenvalue weighted by Gasteiger charge is -2.03. The first-order chi connectivity index (χ1) is 8.20. The molecular formula is C12H16N4S. The number of aromatic nitrogens is 3. The van der Waals surface area contributed by atoms with E-state index in [0.717, 1.165) is 22.3 Å². The molecule has 90 valence electrons. The third-order valence-electron chi connectivity index (χ3n) is 2.68. The average Bonchev–Trinajstić information content (AvgIpc) is 2.68. The molecule has 17 heavy (non-hydrogen) atoms. The van der Waals surface area contributed by atoms with Crippen molar-refractivity contribution < 1.29 is 0 Å². The van der Waals surface area contributed by atoms with Crippen molar-refractivity contribution in [3.05, 3.63) is 41.2 Å². The highest BCUT2D eigenvalue weighted by atomic mass is 32.2. The molecule has 0 aliphatic carbocycles. The highest BCUT2D eigenvalue weighted by Crippen LogP contribution is 2.20. The molecule has 0 unspecified atom stereocenters. The Bertz CT molecular complexity index is 490. The van der Waals surface area contributed by atoms with E-state index in [9.17, 15) is 0 Å². The third kappa shape index (κ3) is 2.87. The van der Waals surface area contributed by atoms with Gasteiger partial charge in [-0.05, 0) is 18.1 Å². The van der Waals surface area contributed by atoms with Crippen LogP contribution in [0, 0.1) is 6.92 Å². The van der Waals surface area contributed by atoms with E-state index in [1.54, 1.807) is 11.8 Å². The summed E-state index contributed by atoms with van der Waals surface area (Å²) in [4.78, 5) is 0. The zero-order valence-corrected chi connectivity index (χ0v) is 10.9. The van der Waals surface area contributed by atoms with Crippen molar-refractivity contribution in [1.82, 2.24) is 14.8 Å². The number of benzene rings is 1. The van der Waals surface area contributed by atoms with E-state index in [0.29, 0.717) is 6.54 Å². The Morgan fingerprint density at radius 2 is 1.82 bits per heavy atom. The molecule has 0 atom stereocenters. The molecule has 2 aromatic rings. The van der Waals surface area contributed by atoms with Crippen LogP contribution in [0.3, 0.4) is 0 Å². The summed E-state index contributed by atoms with van der Waals surface area (Å²) in [5.41, 5.74) is 7.99. The quantitative estimate of drug-likeness (QED) is 0.839. The van der Waals surface area contributed by atoms with Gasteiger partial charge in [0.05, 0.1) is 0 Å². The maximum atomic E-state index is 5.56. The van der Waals surface area contributed by atoms with Crippen LogP contribution in [-0.4, -0.2) is 14.8 Å². The van der Waals surface area contributed by atoms with Crippen molar-refractivity contribution in [1.29, 1.82) is 0 Å².